The Morgan fingerprint density at radius 1 is 1.00 bits per heavy atom. The van der Waals surface area contributed by atoms with Crippen molar-refractivity contribution >= 4 is 29.3 Å². The Morgan fingerprint density at radius 2 is 1.67 bits per heavy atom. The number of esters is 1. The molecule has 2 aromatic carbocycles. The molecule has 9 heteroatoms. The van der Waals surface area contributed by atoms with Crippen molar-refractivity contribution in [2.75, 3.05) is 43.0 Å². The summed E-state index contributed by atoms with van der Waals surface area (Å²) in [6, 6.07) is 12.4. The molecule has 0 aromatic heterocycles. The van der Waals surface area contributed by atoms with Crippen molar-refractivity contribution in [3.63, 3.8) is 0 Å². The van der Waals surface area contributed by atoms with Crippen molar-refractivity contribution in [3.05, 3.63) is 59.9 Å². The minimum atomic E-state index is -0.666. The first-order valence-electron chi connectivity index (χ1n) is 10.7. The summed E-state index contributed by atoms with van der Waals surface area (Å²) >= 11 is 0. The predicted molar refractivity (Wildman–Crippen MR) is 122 cm³/mol. The second-order valence-corrected chi connectivity index (χ2v) is 8.63. The molecule has 33 heavy (non-hydrogen) atoms. The van der Waals surface area contributed by atoms with E-state index in [4.69, 9.17) is 9.47 Å². The number of hydrogen-bond acceptors (Lipinski definition) is 6. The molecule has 3 rings (SSSR count). The van der Waals surface area contributed by atoms with Crippen molar-refractivity contribution in [1.29, 1.82) is 0 Å². The summed E-state index contributed by atoms with van der Waals surface area (Å²) in [6.45, 7) is 7.03. The van der Waals surface area contributed by atoms with Crippen LogP contribution in [0.3, 0.4) is 0 Å². The molecule has 0 unspecified atom stereocenters. The van der Waals surface area contributed by atoms with E-state index in [9.17, 15) is 18.8 Å². The SMILES string of the molecule is CC(C)(C)OC(=O)Nc1cccc(C(=O)OCC(=O)N2CCN(c3ccc(F)cc3)CC2)c1. The minimum Gasteiger partial charge on any atom is -0.452 e. The molecular formula is C24H28FN3O5. The van der Waals surface area contributed by atoms with E-state index in [0.29, 0.717) is 31.9 Å². The van der Waals surface area contributed by atoms with Crippen molar-refractivity contribution in [2.45, 2.75) is 26.4 Å². The van der Waals surface area contributed by atoms with Crippen LogP contribution in [-0.4, -0.2) is 61.3 Å². The van der Waals surface area contributed by atoms with E-state index in [1.54, 1.807) is 49.9 Å². The smallest absolute Gasteiger partial charge is 0.412 e. The second-order valence-electron chi connectivity index (χ2n) is 8.63. The molecule has 0 bridgehead atoms. The number of nitrogens with zero attached hydrogens (tertiary/aromatic N) is 2. The lowest BCUT2D eigenvalue weighted by Crippen LogP contribution is -2.49. The summed E-state index contributed by atoms with van der Waals surface area (Å²) in [5, 5.41) is 2.56. The standard InChI is InChI=1S/C24H28FN3O5/c1-24(2,3)33-23(31)26-19-6-4-5-17(15-19)22(30)32-16-21(29)28-13-11-27(12-14-28)20-9-7-18(25)8-10-20/h4-10,15H,11-14,16H2,1-3H3,(H,26,31). The van der Waals surface area contributed by atoms with Gasteiger partial charge in [-0.2, -0.15) is 0 Å². The van der Waals surface area contributed by atoms with Gasteiger partial charge >= 0.3 is 12.1 Å². The average Bonchev–Trinajstić information content (AvgIpc) is 2.76. The zero-order valence-electron chi connectivity index (χ0n) is 19.0. The number of piperazine rings is 1. The highest BCUT2D eigenvalue weighted by Gasteiger charge is 2.23. The highest BCUT2D eigenvalue weighted by Crippen LogP contribution is 2.18. The first kappa shape index (κ1) is 24.0. The Bertz CT molecular complexity index is 996. The van der Waals surface area contributed by atoms with Gasteiger partial charge in [0.1, 0.15) is 11.4 Å². The van der Waals surface area contributed by atoms with E-state index in [1.165, 1.54) is 24.3 Å². The molecule has 176 valence electrons. The highest BCUT2D eigenvalue weighted by atomic mass is 19.1. The van der Waals surface area contributed by atoms with E-state index in [1.807, 2.05) is 0 Å². The lowest BCUT2D eigenvalue weighted by molar-refractivity contribution is -0.134. The number of ether oxygens (including phenoxy) is 2. The summed E-state index contributed by atoms with van der Waals surface area (Å²) in [5.74, 6) is -1.24. The zero-order valence-corrected chi connectivity index (χ0v) is 19.0. The van der Waals surface area contributed by atoms with E-state index in [0.717, 1.165) is 5.69 Å². The lowest BCUT2D eigenvalue weighted by Gasteiger charge is -2.36. The van der Waals surface area contributed by atoms with Crippen LogP contribution in [0.1, 0.15) is 31.1 Å². The fourth-order valence-electron chi connectivity index (χ4n) is 3.31. The number of hydrogen-bond donors (Lipinski definition) is 1. The molecule has 1 heterocycles. The molecule has 0 radical (unpaired) electrons. The van der Waals surface area contributed by atoms with Crippen LogP contribution in [0.2, 0.25) is 0 Å². The number of halogens is 1. The number of benzene rings is 2. The van der Waals surface area contributed by atoms with Gasteiger partial charge in [0.05, 0.1) is 5.56 Å². The van der Waals surface area contributed by atoms with Gasteiger partial charge < -0.3 is 19.3 Å². The number of carbonyl (C=O) groups is 3. The molecular weight excluding hydrogens is 429 g/mol. The van der Waals surface area contributed by atoms with Crippen molar-refractivity contribution in [1.82, 2.24) is 4.90 Å². The molecule has 8 nitrogen and oxygen atoms in total. The predicted octanol–water partition coefficient (Wildman–Crippen LogP) is 3.68. The van der Waals surface area contributed by atoms with Crippen LogP contribution >= 0.6 is 0 Å². The summed E-state index contributed by atoms with van der Waals surface area (Å²) in [7, 11) is 0. The first-order chi connectivity index (χ1) is 15.6. The first-order valence-corrected chi connectivity index (χ1v) is 10.7. The topological polar surface area (TPSA) is 88.2 Å². The molecule has 0 atom stereocenters. The number of nitrogens with one attached hydrogen (secondary N) is 1. The number of amides is 2. The van der Waals surface area contributed by atoms with E-state index >= 15 is 0 Å². The van der Waals surface area contributed by atoms with E-state index in [-0.39, 0.29) is 23.9 Å². The Hall–Kier alpha value is -3.62. The normalized spacial score (nSPS) is 13.9. The van der Waals surface area contributed by atoms with Crippen LogP contribution in [-0.2, 0) is 14.3 Å². The maximum absolute atomic E-state index is 13.1. The molecule has 1 fully saturated rings. The van der Waals surface area contributed by atoms with Crippen LogP contribution in [0.25, 0.3) is 0 Å². The van der Waals surface area contributed by atoms with Crippen LogP contribution in [0, 0.1) is 5.82 Å². The third-order valence-electron chi connectivity index (χ3n) is 4.89. The number of rotatable bonds is 5. The number of anilines is 2. The van der Waals surface area contributed by atoms with E-state index in [2.05, 4.69) is 10.2 Å². The maximum atomic E-state index is 13.1. The van der Waals surface area contributed by atoms with Gasteiger partial charge in [-0.25, -0.2) is 14.0 Å². The molecule has 0 saturated carbocycles. The van der Waals surface area contributed by atoms with Gasteiger partial charge in [-0.1, -0.05) is 6.07 Å². The van der Waals surface area contributed by atoms with Gasteiger partial charge in [-0.3, -0.25) is 10.1 Å². The molecule has 0 spiro atoms. The van der Waals surface area contributed by atoms with Crippen molar-refractivity contribution < 1.29 is 28.2 Å². The molecule has 1 aliphatic rings. The van der Waals surface area contributed by atoms with Gasteiger partial charge in [0.2, 0.25) is 0 Å². The molecule has 2 aromatic rings. The summed E-state index contributed by atoms with van der Waals surface area (Å²) in [5.41, 5.74) is 0.833. The van der Waals surface area contributed by atoms with Gasteiger partial charge in [-0.15, -0.1) is 0 Å². The quantitative estimate of drug-likeness (QED) is 0.690. The Kier molecular flexibility index (Phi) is 7.52. The van der Waals surface area contributed by atoms with Gasteiger partial charge in [0, 0.05) is 37.6 Å². The van der Waals surface area contributed by atoms with Crippen LogP contribution < -0.4 is 10.2 Å². The molecule has 1 aliphatic heterocycles. The monoisotopic (exact) mass is 457 g/mol. The van der Waals surface area contributed by atoms with Crippen LogP contribution in [0.4, 0.5) is 20.6 Å². The Morgan fingerprint density at radius 3 is 2.30 bits per heavy atom. The fraction of sp³-hybridized carbons (Fsp3) is 0.375. The van der Waals surface area contributed by atoms with E-state index < -0.39 is 17.7 Å². The minimum absolute atomic E-state index is 0.206. The Labute approximate surface area is 192 Å². The van der Waals surface area contributed by atoms with Crippen LogP contribution in [0.15, 0.2) is 48.5 Å². The van der Waals surface area contributed by atoms with Crippen molar-refractivity contribution in [2.24, 2.45) is 0 Å². The third kappa shape index (κ3) is 7.20. The second kappa shape index (κ2) is 10.3. The maximum Gasteiger partial charge on any atom is 0.412 e. The van der Waals surface area contributed by atoms with Crippen LogP contribution in [0.5, 0.6) is 0 Å². The molecule has 1 N–H and O–H groups in total. The summed E-state index contributed by atoms with van der Waals surface area (Å²) in [6.07, 6.45) is -0.636. The average molecular weight is 458 g/mol. The van der Waals surface area contributed by atoms with Crippen molar-refractivity contribution in [3.8, 4) is 0 Å². The lowest BCUT2D eigenvalue weighted by atomic mass is 10.2. The van der Waals surface area contributed by atoms with Gasteiger partial charge in [-0.05, 0) is 63.2 Å². The Balaban J connectivity index is 1.47. The molecule has 1 saturated heterocycles. The number of carbonyl (C=O) groups excluding carboxylic acids is 3. The van der Waals surface area contributed by atoms with Gasteiger partial charge in [0.25, 0.3) is 5.91 Å². The summed E-state index contributed by atoms with van der Waals surface area (Å²) in [4.78, 5) is 40.5. The fourth-order valence-corrected chi connectivity index (χ4v) is 3.31. The largest absolute Gasteiger partial charge is 0.452 e. The molecule has 2 amide bonds. The third-order valence-corrected chi connectivity index (χ3v) is 4.89. The van der Waals surface area contributed by atoms with Gasteiger partial charge in [0.15, 0.2) is 6.61 Å². The molecule has 0 aliphatic carbocycles. The summed E-state index contributed by atoms with van der Waals surface area (Å²) < 4.78 is 23.5. The zero-order chi connectivity index (χ0) is 24.0. The highest BCUT2D eigenvalue weighted by molar-refractivity contribution is 5.93.